The maximum atomic E-state index is 13.2. The number of rotatable bonds is 4. The molecule has 0 amide bonds. The molecule has 0 spiro atoms. The number of nitrogens with two attached hydrogens (primary N) is 1. The molecule has 100 valence electrons. The highest BCUT2D eigenvalue weighted by atomic mass is 19.1. The third-order valence-electron chi connectivity index (χ3n) is 4.19. The van der Waals surface area contributed by atoms with Crippen molar-refractivity contribution in [3.63, 3.8) is 0 Å². The van der Waals surface area contributed by atoms with E-state index in [0.29, 0.717) is 5.92 Å². The molecule has 1 unspecified atom stereocenters. The fourth-order valence-corrected chi connectivity index (χ4v) is 2.97. The zero-order valence-electron chi connectivity index (χ0n) is 11.0. The maximum Gasteiger partial charge on any atom is 0.123 e. The number of hydrogen-bond donors (Lipinski definition) is 2. The summed E-state index contributed by atoms with van der Waals surface area (Å²) in [4.78, 5) is 0. The molecule has 18 heavy (non-hydrogen) atoms. The van der Waals surface area contributed by atoms with E-state index in [1.54, 1.807) is 12.1 Å². The van der Waals surface area contributed by atoms with Crippen LogP contribution in [0.3, 0.4) is 0 Å². The van der Waals surface area contributed by atoms with Crippen LogP contribution in [0.25, 0.3) is 0 Å². The molecule has 1 aliphatic carbocycles. The van der Waals surface area contributed by atoms with E-state index in [2.05, 4.69) is 12.3 Å². The van der Waals surface area contributed by atoms with E-state index in [4.69, 9.17) is 5.84 Å². The molecule has 0 bridgehead atoms. The molecule has 1 aliphatic rings. The normalized spacial score (nSPS) is 25.9. The van der Waals surface area contributed by atoms with E-state index < -0.39 is 0 Å². The Morgan fingerprint density at radius 2 is 2.06 bits per heavy atom. The Morgan fingerprint density at radius 1 is 1.33 bits per heavy atom. The summed E-state index contributed by atoms with van der Waals surface area (Å²) in [5.41, 5.74) is 3.96. The second-order valence-corrected chi connectivity index (χ2v) is 5.63. The quantitative estimate of drug-likeness (QED) is 0.637. The largest absolute Gasteiger partial charge is 0.271 e. The molecule has 0 saturated heterocycles. The van der Waals surface area contributed by atoms with Gasteiger partial charge >= 0.3 is 0 Å². The second kappa shape index (κ2) is 6.30. The summed E-state index contributed by atoms with van der Waals surface area (Å²) in [6.07, 6.45) is 5.84. The lowest BCUT2D eigenvalue weighted by molar-refractivity contribution is 0.229. The number of halogens is 1. The van der Waals surface area contributed by atoms with E-state index in [1.807, 2.05) is 6.07 Å². The van der Waals surface area contributed by atoms with Gasteiger partial charge in [0, 0.05) is 6.04 Å². The predicted octanol–water partition coefficient (Wildman–Crippen LogP) is 3.03. The van der Waals surface area contributed by atoms with E-state index in [-0.39, 0.29) is 11.9 Å². The summed E-state index contributed by atoms with van der Waals surface area (Å²) in [5, 5.41) is 0. The zero-order chi connectivity index (χ0) is 13.0. The molecule has 3 heteroatoms. The molecule has 1 aromatic carbocycles. The predicted molar refractivity (Wildman–Crippen MR) is 72.3 cm³/mol. The number of hydrogen-bond acceptors (Lipinski definition) is 2. The standard InChI is InChI=1S/C15H23FN2/c1-11-5-7-13(8-6-11)15(18-17)10-12-3-2-4-14(16)9-12/h2-4,9,11,13,15,18H,5-8,10,17H2,1H3. The Hall–Kier alpha value is -0.930. The summed E-state index contributed by atoms with van der Waals surface area (Å²) in [6, 6.07) is 7.09. The van der Waals surface area contributed by atoms with E-state index in [1.165, 1.54) is 31.7 Å². The van der Waals surface area contributed by atoms with E-state index in [9.17, 15) is 4.39 Å². The lowest BCUT2D eigenvalue weighted by Crippen LogP contribution is -2.43. The Kier molecular flexibility index (Phi) is 4.72. The Morgan fingerprint density at radius 3 is 2.67 bits per heavy atom. The van der Waals surface area contributed by atoms with Gasteiger partial charge in [-0.25, -0.2) is 4.39 Å². The van der Waals surface area contributed by atoms with Crippen LogP contribution < -0.4 is 11.3 Å². The van der Waals surface area contributed by atoms with Crippen molar-refractivity contribution in [2.75, 3.05) is 0 Å². The smallest absolute Gasteiger partial charge is 0.123 e. The Labute approximate surface area is 109 Å². The first-order valence-electron chi connectivity index (χ1n) is 6.89. The van der Waals surface area contributed by atoms with Crippen molar-refractivity contribution in [3.05, 3.63) is 35.6 Å². The van der Waals surface area contributed by atoms with Gasteiger partial charge in [0.25, 0.3) is 0 Å². The van der Waals surface area contributed by atoms with Crippen molar-refractivity contribution in [3.8, 4) is 0 Å². The van der Waals surface area contributed by atoms with Crippen molar-refractivity contribution in [2.45, 2.75) is 45.1 Å². The zero-order valence-corrected chi connectivity index (χ0v) is 11.0. The highest BCUT2D eigenvalue weighted by molar-refractivity contribution is 5.17. The highest BCUT2D eigenvalue weighted by Gasteiger charge is 2.25. The van der Waals surface area contributed by atoms with Gasteiger partial charge in [0.05, 0.1) is 0 Å². The fourth-order valence-electron chi connectivity index (χ4n) is 2.97. The van der Waals surface area contributed by atoms with Crippen LogP contribution in [-0.4, -0.2) is 6.04 Å². The van der Waals surface area contributed by atoms with Gasteiger partial charge < -0.3 is 0 Å². The lowest BCUT2D eigenvalue weighted by atomic mass is 9.78. The van der Waals surface area contributed by atoms with Crippen LogP contribution in [0.5, 0.6) is 0 Å². The average molecular weight is 250 g/mol. The summed E-state index contributed by atoms with van der Waals surface area (Å²) in [5.74, 6) is 6.98. The minimum absolute atomic E-state index is 0.166. The van der Waals surface area contributed by atoms with Gasteiger partial charge in [-0.2, -0.15) is 0 Å². The summed E-state index contributed by atoms with van der Waals surface area (Å²) in [6.45, 7) is 2.31. The van der Waals surface area contributed by atoms with Crippen molar-refractivity contribution in [1.29, 1.82) is 0 Å². The summed E-state index contributed by atoms with van der Waals surface area (Å²) < 4.78 is 13.2. The molecule has 1 atom stereocenters. The molecule has 0 aromatic heterocycles. The van der Waals surface area contributed by atoms with Gasteiger partial charge in [-0.05, 0) is 48.8 Å². The molecule has 2 nitrogen and oxygen atoms in total. The van der Waals surface area contributed by atoms with Gasteiger partial charge in [0.15, 0.2) is 0 Å². The highest BCUT2D eigenvalue weighted by Crippen LogP contribution is 2.31. The molecule has 0 aliphatic heterocycles. The third-order valence-corrected chi connectivity index (χ3v) is 4.19. The van der Waals surface area contributed by atoms with E-state index in [0.717, 1.165) is 17.9 Å². The average Bonchev–Trinajstić information content (AvgIpc) is 2.37. The van der Waals surface area contributed by atoms with Gasteiger partial charge in [0.2, 0.25) is 0 Å². The monoisotopic (exact) mass is 250 g/mol. The molecule has 0 heterocycles. The molecule has 1 fully saturated rings. The SMILES string of the molecule is CC1CCC(C(Cc2cccc(F)c2)NN)CC1. The van der Waals surface area contributed by atoms with Crippen LogP contribution in [0, 0.1) is 17.7 Å². The van der Waals surface area contributed by atoms with Crippen molar-refractivity contribution in [1.82, 2.24) is 5.43 Å². The van der Waals surface area contributed by atoms with Crippen molar-refractivity contribution in [2.24, 2.45) is 17.7 Å². The summed E-state index contributed by atoms with van der Waals surface area (Å²) >= 11 is 0. The number of nitrogens with one attached hydrogen (secondary N) is 1. The fraction of sp³-hybridized carbons (Fsp3) is 0.600. The lowest BCUT2D eigenvalue weighted by Gasteiger charge is -2.32. The van der Waals surface area contributed by atoms with Crippen LogP contribution in [0.2, 0.25) is 0 Å². The second-order valence-electron chi connectivity index (χ2n) is 5.63. The van der Waals surface area contributed by atoms with Crippen LogP contribution in [0.1, 0.15) is 38.2 Å². The van der Waals surface area contributed by atoms with Crippen molar-refractivity contribution >= 4 is 0 Å². The molecule has 3 N–H and O–H groups in total. The molecule has 1 saturated carbocycles. The first kappa shape index (κ1) is 13.5. The van der Waals surface area contributed by atoms with Gasteiger partial charge in [-0.3, -0.25) is 11.3 Å². The molecular formula is C15H23FN2. The summed E-state index contributed by atoms with van der Waals surface area (Å²) in [7, 11) is 0. The van der Waals surface area contributed by atoms with Crippen LogP contribution in [0.4, 0.5) is 4.39 Å². The van der Waals surface area contributed by atoms with Crippen LogP contribution in [-0.2, 0) is 6.42 Å². The molecule has 2 rings (SSSR count). The maximum absolute atomic E-state index is 13.2. The Balaban J connectivity index is 1.96. The van der Waals surface area contributed by atoms with E-state index >= 15 is 0 Å². The van der Waals surface area contributed by atoms with Crippen LogP contribution in [0.15, 0.2) is 24.3 Å². The Bertz CT molecular complexity index is 373. The van der Waals surface area contributed by atoms with Crippen molar-refractivity contribution < 1.29 is 4.39 Å². The van der Waals surface area contributed by atoms with Gasteiger partial charge in [-0.15, -0.1) is 0 Å². The molecule has 1 aromatic rings. The minimum atomic E-state index is -0.166. The molecular weight excluding hydrogens is 227 g/mol. The first-order chi connectivity index (χ1) is 8.69. The third kappa shape index (κ3) is 3.53. The topological polar surface area (TPSA) is 38.0 Å². The molecule has 0 radical (unpaired) electrons. The number of hydrazine groups is 1. The number of benzene rings is 1. The first-order valence-corrected chi connectivity index (χ1v) is 6.89. The van der Waals surface area contributed by atoms with Crippen LogP contribution >= 0.6 is 0 Å². The van der Waals surface area contributed by atoms with Gasteiger partial charge in [-0.1, -0.05) is 31.9 Å². The minimum Gasteiger partial charge on any atom is -0.271 e. The van der Waals surface area contributed by atoms with Gasteiger partial charge in [0.1, 0.15) is 5.82 Å².